The van der Waals surface area contributed by atoms with Gasteiger partial charge >= 0.3 is 0 Å². The van der Waals surface area contributed by atoms with E-state index in [1.165, 1.54) is 7.05 Å². The molecule has 1 atom stereocenters. The molecular weight excluding hydrogens is 318 g/mol. The monoisotopic (exact) mass is 343 g/mol. The zero-order chi connectivity index (χ0) is 18.6. The van der Waals surface area contributed by atoms with Crippen molar-refractivity contribution in [3.63, 3.8) is 0 Å². The molecule has 0 fully saturated rings. The number of nitrogens with one attached hydrogen (secondary N) is 3. The molecule has 6 heteroatoms. The number of aromatic amines is 1. The normalized spacial score (nSPS) is 12.4. The van der Waals surface area contributed by atoms with E-state index in [1.54, 1.807) is 6.07 Å². The summed E-state index contributed by atoms with van der Waals surface area (Å²) in [7, 11) is 1.53. The zero-order valence-electron chi connectivity index (χ0n) is 15.3. The number of carbonyl (C=O) groups excluding carboxylic acids is 2. The van der Waals surface area contributed by atoms with Crippen LogP contribution in [0, 0.1) is 0 Å². The van der Waals surface area contributed by atoms with E-state index in [-0.39, 0.29) is 34.8 Å². The molecule has 134 valence electrons. The van der Waals surface area contributed by atoms with Gasteiger partial charge in [0, 0.05) is 18.7 Å². The number of carbonyl (C=O) groups is 2. The zero-order valence-corrected chi connectivity index (χ0v) is 15.3. The first-order chi connectivity index (χ1) is 11.7. The number of amides is 2. The number of hydrogen-bond acceptors (Lipinski definition) is 3. The van der Waals surface area contributed by atoms with Gasteiger partial charge in [-0.15, -0.1) is 0 Å². The molecule has 2 amide bonds. The number of hydrogen-bond donors (Lipinski definition) is 3. The Balaban J connectivity index is 2.29. The van der Waals surface area contributed by atoms with Gasteiger partial charge in [0.1, 0.15) is 17.5 Å². The number of ether oxygens (including phenoxy) is 1. The van der Waals surface area contributed by atoms with E-state index in [0.717, 1.165) is 5.56 Å². The lowest BCUT2D eigenvalue weighted by Crippen LogP contribution is -2.40. The topological polar surface area (TPSA) is 83.2 Å². The molecule has 3 N–H and O–H groups in total. The average Bonchev–Trinajstić information content (AvgIpc) is 2.97. The quantitative estimate of drug-likeness (QED) is 0.780. The highest BCUT2D eigenvalue weighted by atomic mass is 16.5. The Morgan fingerprint density at radius 2 is 1.76 bits per heavy atom. The van der Waals surface area contributed by atoms with Crippen molar-refractivity contribution in [1.29, 1.82) is 0 Å². The number of H-pyrrole nitrogens is 1. The Labute approximate surface area is 148 Å². The van der Waals surface area contributed by atoms with E-state index in [2.05, 4.69) is 15.6 Å². The van der Waals surface area contributed by atoms with Crippen LogP contribution in [0.3, 0.4) is 0 Å². The lowest BCUT2D eigenvalue weighted by Gasteiger charge is -2.19. The Kier molecular flexibility index (Phi) is 5.51. The maximum Gasteiger partial charge on any atom is 0.271 e. The minimum absolute atomic E-state index is 0.226. The molecule has 2 rings (SSSR count). The summed E-state index contributed by atoms with van der Waals surface area (Å²) in [6.07, 6.45) is -0.265. The maximum absolute atomic E-state index is 12.4. The molecule has 1 heterocycles. The number of aromatic nitrogens is 1. The summed E-state index contributed by atoms with van der Waals surface area (Å²) in [5, 5.41) is 5.41. The summed E-state index contributed by atoms with van der Waals surface area (Å²) in [6.45, 7) is 7.57. The van der Waals surface area contributed by atoms with E-state index in [9.17, 15) is 9.59 Å². The standard InChI is InChI=1S/C19H25N3O3/c1-12(13-9-7-6-8-10-13)25-15-11-14(17(23)22-19(2,3)4)21-16(15)18(24)20-5/h6-12,21H,1-5H3,(H,20,24)(H,22,23)/t12-/m0/s1. The summed E-state index contributed by atoms with van der Waals surface area (Å²) in [5.41, 5.74) is 1.11. The van der Waals surface area contributed by atoms with Crippen molar-refractivity contribution in [2.75, 3.05) is 7.05 Å². The fourth-order valence-electron chi connectivity index (χ4n) is 2.34. The summed E-state index contributed by atoms with van der Waals surface area (Å²) in [6, 6.07) is 11.2. The second-order valence-corrected chi connectivity index (χ2v) is 6.88. The van der Waals surface area contributed by atoms with Crippen LogP contribution in [-0.2, 0) is 0 Å². The highest BCUT2D eigenvalue weighted by Gasteiger charge is 2.23. The fraction of sp³-hybridized carbons (Fsp3) is 0.368. The molecule has 0 bridgehead atoms. The van der Waals surface area contributed by atoms with Crippen LogP contribution in [0.15, 0.2) is 36.4 Å². The first kappa shape index (κ1) is 18.6. The molecule has 1 aromatic carbocycles. The van der Waals surface area contributed by atoms with Gasteiger partial charge in [-0.2, -0.15) is 0 Å². The Hall–Kier alpha value is -2.76. The molecule has 0 saturated heterocycles. The van der Waals surface area contributed by atoms with Crippen molar-refractivity contribution in [3.8, 4) is 5.75 Å². The van der Waals surface area contributed by atoms with Crippen LogP contribution in [0.5, 0.6) is 5.75 Å². The first-order valence-corrected chi connectivity index (χ1v) is 8.20. The summed E-state index contributed by atoms with van der Waals surface area (Å²) in [4.78, 5) is 27.3. The summed E-state index contributed by atoms with van der Waals surface area (Å²) >= 11 is 0. The molecule has 2 aromatic rings. The largest absolute Gasteiger partial charge is 0.484 e. The molecule has 0 aliphatic heterocycles. The van der Waals surface area contributed by atoms with Gasteiger partial charge in [0.2, 0.25) is 0 Å². The molecule has 0 aliphatic rings. The van der Waals surface area contributed by atoms with Crippen LogP contribution in [0.2, 0.25) is 0 Å². The smallest absolute Gasteiger partial charge is 0.271 e. The summed E-state index contributed by atoms with van der Waals surface area (Å²) in [5.74, 6) is -0.292. The van der Waals surface area contributed by atoms with Gasteiger partial charge in [-0.25, -0.2) is 0 Å². The van der Waals surface area contributed by atoms with Gasteiger partial charge in [0.25, 0.3) is 11.8 Å². The molecule has 1 aromatic heterocycles. The minimum Gasteiger partial charge on any atom is -0.484 e. The Bertz CT molecular complexity index is 745. The number of rotatable bonds is 5. The predicted octanol–water partition coefficient (Wildman–Crippen LogP) is 3.04. The predicted molar refractivity (Wildman–Crippen MR) is 96.9 cm³/mol. The third-order valence-electron chi connectivity index (χ3n) is 3.54. The van der Waals surface area contributed by atoms with Crippen molar-refractivity contribution in [2.45, 2.75) is 39.3 Å². The molecule has 0 aliphatic carbocycles. The van der Waals surface area contributed by atoms with Crippen molar-refractivity contribution in [2.24, 2.45) is 0 Å². The highest BCUT2D eigenvalue weighted by molar-refractivity contribution is 5.99. The molecule has 0 spiro atoms. The van der Waals surface area contributed by atoms with Gasteiger partial charge < -0.3 is 20.4 Å². The van der Waals surface area contributed by atoms with Crippen molar-refractivity contribution in [1.82, 2.24) is 15.6 Å². The molecule has 0 saturated carbocycles. The second kappa shape index (κ2) is 7.42. The van der Waals surface area contributed by atoms with E-state index in [0.29, 0.717) is 5.75 Å². The second-order valence-electron chi connectivity index (χ2n) is 6.88. The molecule has 0 unspecified atom stereocenters. The Morgan fingerprint density at radius 1 is 1.12 bits per heavy atom. The van der Waals surface area contributed by atoms with Gasteiger partial charge in [-0.1, -0.05) is 30.3 Å². The van der Waals surface area contributed by atoms with Crippen LogP contribution in [0.25, 0.3) is 0 Å². The van der Waals surface area contributed by atoms with E-state index >= 15 is 0 Å². The van der Waals surface area contributed by atoms with Crippen molar-refractivity contribution < 1.29 is 14.3 Å². The fourth-order valence-corrected chi connectivity index (χ4v) is 2.34. The lowest BCUT2D eigenvalue weighted by molar-refractivity contribution is 0.0914. The van der Waals surface area contributed by atoms with Crippen LogP contribution in [-0.4, -0.2) is 29.4 Å². The maximum atomic E-state index is 12.4. The molecule has 25 heavy (non-hydrogen) atoms. The van der Waals surface area contributed by atoms with E-state index in [4.69, 9.17) is 4.74 Å². The van der Waals surface area contributed by atoms with E-state index in [1.807, 2.05) is 58.0 Å². The molecule has 0 radical (unpaired) electrons. The van der Waals surface area contributed by atoms with Crippen LogP contribution < -0.4 is 15.4 Å². The lowest BCUT2D eigenvalue weighted by atomic mass is 10.1. The Morgan fingerprint density at radius 3 is 2.32 bits per heavy atom. The third-order valence-corrected chi connectivity index (χ3v) is 3.54. The van der Waals surface area contributed by atoms with Crippen LogP contribution in [0.4, 0.5) is 0 Å². The highest BCUT2D eigenvalue weighted by Crippen LogP contribution is 2.26. The number of benzene rings is 1. The van der Waals surface area contributed by atoms with Gasteiger partial charge in [-0.05, 0) is 33.3 Å². The SMILES string of the molecule is CNC(=O)c1[nH]c(C(=O)NC(C)(C)C)cc1O[C@@H](C)c1ccccc1. The van der Waals surface area contributed by atoms with Crippen LogP contribution in [0.1, 0.15) is 60.3 Å². The van der Waals surface area contributed by atoms with Crippen LogP contribution >= 0.6 is 0 Å². The van der Waals surface area contributed by atoms with Gasteiger partial charge in [0.05, 0.1) is 0 Å². The van der Waals surface area contributed by atoms with Gasteiger partial charge in [-0.3, -0.25) is 9.59 Å². The average molecular weight is 343 g/mol. The third kappa shape index (κ3) is 4.86. The van der Waals surface area contributed by atoms with E-state index < -0.39 is 0 Å². The first-order valence-electron chi connectivity index (χ1n) is 8.20. The van der Waals surface area contributed by atoms with Crippen molar-refractivity contribution in [3.05, 3.63) is 53.3 Å². The summed E-state index contributed by atoms with van der Waals surface area (Å²) < 4.78 is 5.94. The molecular formula is C19H25N3O3. The van der Waals surface area contributed by atoms with Gasteiger partial charge in [0.15, 0.2) is 5.75 Å². The minimum atomic E-state index is -0.381. The molecule has 6 nitrogen and oxygen atoms in total. The van der Waals surface area contributed by atoms with Crippen molar-refractivity contribution >= 4 is 11.8 Å².